The molecule has 2 aromatic rings. The van der Waals surface area contributed by atoms with Gasteiger partial charge in [-0.1, -0.05) is 30.3 Å². The molecule has 0 heterocycles. The monoisotopic (exact) mass is 249 g/mol. The SMILES string of the molecule is N#[N+]c1cc(C(F)(F)F)ccc1-c1ccccc1. The molecule has 0 N–H and O–H groups in total. The van der Waals surface area contributed by atoms with E-state index in [0.29, 0.717) is 11.1 Å². The van der Waals surface area contributed by atoms with Crippen LogP contribution in [-0.4, -0.2) is 0 Å². The van der Waals surface area contributed by atoms with Gasteiger partial charge in [-0.05, 0) is 17.7 Å². The smallest absolute Gasteiger partial charge is 0.166 e. The minimum atomic E-state index is -4.45. The fourth-order valence-electron chi connectivity index (χ4n) is 1.65. The molecule has 0 spiro atoms. The van der Waals surface area contributed by atoms with Crippen LogP contribution in [0.4, 0.5) is 18.9 Å². The number of diazo groups is 1. The van der Waals surface area contributed by atoms with Gasteiger partial charge in [0.25, 0.3) is 0 Å². The molecule has 18 heavy (non-hydrogen) atoms. The van der Waals surface area contributed by atoms with Crippen molar-refractivity contribution in [2.24, 2.45) is 0 Å². The van der Waals surface area contributed by atoms with Crippen molar-refractivity contribution in [2.45, 2.75) is 6.18 Å². The zero-order valence-corrected chi connectivity index (χ0v) is 9.15. The quantitative estimate of drug-likeness (QED) is 0.663. The van der Waals surface area contributed by atoms with Crippen molar-refractivity contribution < 1.29 is 13.2 Å². The maximum atomic E-state index is 12.5. The molecule has 0 atom stereocenters. The van der Waals surface area contributed by atoms with E-state index in [1.165, 1.54) is 6.07 Å². The first-order valence-corrected chi connectivity index (χ1v) is 5.14. The lowest BCUT2D eigenvalue weighted by atomic mass is 10.0. The van der Waals surface area contributed by atoms with E-state index < -0.39 is 11.7 Å². The summed E-state index contributed by atoms with van der Waals surface area (Å²) in [6, 6.07) is 11.9. The Labute approximate surface area is 101 Å². The molecule has 0 saturated heterocycles. The lowest BCUT2D eigenvalue weighted by molar-refractivity contribution is -0.137. The molecule has 0 radical (unpaired) electrons. The zero-order valence-electron chi connectivity index (χ0n) is 9.15. The van der Waals surface area contributed by atoms with Gasteiger partial charge in [-0.2, -0.15) is 13.2 Å². The number of rotatable bonds is 1. The number of benzene rings is 2. The van der Waals surface area contributed by atoms with Crippen molar-refractivity contribution in [1.29, 1.82) is 5.39 Å². The second-order valence-electron chi connectivity index (χ2n) is 3.70. The highest BCUT2D eigenvalue weighted by Crippen LogP contribution is 2.37. The van der Waals surface area contributed by atoms with E-state index in [9.17, 15) is 13.2 Å². The normalized spacial score (nSPS) is 11.0. The molecule has 2 nitrogen and oxygen atoms in total. The molecule has 0 bridgehead atoms. The van der Waals surface area contributed by atoms with Gasteiger partial charge in [0.1, 0.15) is 0 Å². The highest BCUT2D eigenvalue weighted by molar-refractivity contribution is 5.78. The largest absolute Gasteiger partial charge is 0.416 e. The van der Waals surface area contributed by atoms with Crippen LogP contribution in [0.15, 0.2) is 48.5 Å². The van der Waals surface area contributed by atoms with Gasteiger partial charge in [-0.3, -0.25) is 0 Å². The molecule has 2 rings (SSSR count). The first-order valence-electron chi connectivity index (χ1n) is 5.14. The molecular formula is C13H8F3N2+. The Bertz CT molecular complexity index is 598. The Kier molecular flexibility index (Phi) is 3.02. The van der Waals surface area contributed by atoms with Crippen LogP contribution in [0.3, 0.4) is 0 Å². The molecule has 0 aliphatic heterocycles. The van der Waals surface area contributed by atoms with Crippen molar-refractivity contribution in [3.63, 3.8) is 0 Å². The van der Waals surface area contributed by atoms with Crippen LogP contribution in [-0.2, 0) is 6.18 Å². The summed E-state index contributed by atoms with van der Waals surface area (Å²) in [5.41, 5.74) is 0.205. The molecule has 0 saturated carbocycles. The maximum Gasteiger partial charge on any atom is 0.416 e. The van der Waals surface area contributed by atoms with Crippen LogP contribution in [0.25, 0.3) is 16.1 Å². The third-order valence-corrected chi connectivity index (χ3v) is 2.52. The van der Waals surface area contributed by atoms with Gasteiger partial charge >= 0.3 is 11.9 Å². The highest BCUT2D eigenvalue weighted by Gasteiger charge is 2.33. The van der Waals surface area contributed by atoms with Crippen LogP contribution in [0.1, 0.15) is 5.56 Å². The number of halogens is 3. The van der Waals surface area contributed by atoms with Crippen LogP contribution >= 0.6 is 0 Å². The molecule has 90 valence electrons. The van der Waals surface area contributed by atoms with Gasteiger partial charge in [-0.25, -0.2) is 0 Å². The second-order valence-corrected chi connectivity index (χ2v) is 3.70. The number of hydrogen-bond donors (Lipinski definition) is 0. The third-order valence-electron chi connectivity index (χ3n) is 2.52. The molecular weight excluding hydrogens is 241 g/mol. The van der Waals surface area contributed by atoms with E-state index in [1.54, 1.807) is 30.3 Å². The fraction of sp³-hybridized carbons (Fsp3) is 0.0769. The van der Waals surface area contributed by atoms with Crippen LogP contribution in [0.2, 0.25) is 0 Å². The van der Waals surface area contributed by atoms with E-state index in [1.807, 2.05) is 0 Å². The Morgan fingerprint density at radius 3 is 2.17 bits per heavy atom. The Morgan fingerprint density at radius 2 is 1.61 bits per heavy atom. The fourth-order valence-corrected chi connectivity index (χ4v) is 1.65. The topological polar surface area (TPSA) is 28.1 Å². The summed E-state index contributed by atoms with van der Waals surface area (Å²) in [6.45, 7) is 0. The highest BCUT2D eigenvalue weighted by atomic mass is 19.4. The summed E-state index contributed by atoms with van der Waals surface area (Å²) < 4.78 is 37.5. The van der Waals surface area contributed by atoms with Crippen LogP contribution < -0.4 is 0 Å². The zero-order chi connectivity index (χ0) is 13.2. The summed E-state index contributed by atoms with van der Waals surface area (Å²) in [6.07, 6.45) is -4.45. The van der Waals surface area contributed by atoms with Crippen molar-refractivity contribution >= 4 is 5.69 Å². The summed E-state index contributed by atoms with van der Waals surface area (Å²) in [5, 5.41) is 8.83. The van der Waals surface area contributed by atoms with Crippen LogP contribution in [0.5, 0.6) is 0 Å². The Balaban J connectivity index is 2.56. The summed E-state index contributed by atoms with van der Waals surface area (Å²) in [5.74, 6) is 0. The van der Waals surface area contributed by atoms with E-state index in [2.05, 4.69) is 4.98 Å². The molecule has 0 aromatic heterocycles. The number of hydrogen-bond acceptors (Lipinski definition) is 1. The molecule has 5 heteroatoms. The van der Waals surface area contributed by atoms with Gasteiger partial charge in [-0.15, -0.1) is 0 Å². The average Bonchev–Trinajstić information content (AvgIpc) is 2.38. The summed E-state index contributed by atoms with van der Waals surface area (Å²) >= 11 is 0. The van der Waals surface area contributed by atoms with Crippen molar-refractivity contribution in [2.75, 3.05) is 0 Å². The Morgan fingerprint density at radius 1 is 0.944 bits per heavy atom. The molecule has 0 aliphatic carbocycles. The van der Waals surface area contributed by atoms with Gasteiger partial charge in [0.05, 0.1) is 11.1 Å². The van der Waals surface area contributed by atoms with E-state index in [0.717, 1.165) is 12.1 Å². The number of nitrogens with zero attached hydrogens (tertiary/aromatic N) is 2. The summed E-state index contributed by atoms with van der Waals surface area (Å²) in [4.78, 5) is 2.92. The molecule has 2 aromatic carbocycles. The standard InChI is InChI=1S/C13H8F3N2/c14-13(15,16)10-6-7-11(12(8-10)18-17)9-4-2-1-3-5-9/h1-8H/q+1. The minimum absolute atomic E-state index is 0.101. The van der Waals surface area contributed by atoms with E-state index >= 15 is 0 Å². The van der Waals surface area contributed by atoms with Gasteiger partial charge in [0.15, 0.2) is 4.98 Å². The first-order chi connectivity index (χ1) is 8.52. The van der Waals surface area contributed by atoms with Gasteiger partial charge < -0.3 is 0 Å². The van der Waals surface area contributed by atoms with E-state index in [4.69, 9.17) is 5.39 Å². The second kappa shape index (κ2) is 4.49. The minimum Gasteiger partial charge on any atom is -0.166 e. The Hall–Kier alpha value is -2.35. The predicted molar refractivity (Wildman–Crippen MR) is 61.6 cm³/mol. The lowest BCUT2D eigenvalue weighted by Crippen LogP contribution is -2.04. The lowest BCUT2D eigenvalue weighted by Gasteiger charge is -2.06. The molecule has 0 fully saturated rings. The van der Waals surface area contributed by atoms with Crippen molar-refractivity contribution in [3.05, 3.63) is 59.1 Å². The number of alkyl halides is 3. The predicted octanol–water partition coefficient (Wildman–Crippen LogP) is 4.86. The van der Waals surface area contributed by atoms with Crippen molar-refractivity contribution in [1.82, 2.24) is 0 Å². The average molecular weight is 249 g/mol. The maximum absolute atomic E-state index is 12.5. The third kappa shape index (κ3) is 2.33. The molecule has 0 unspecified atom stereocenters. The first kappa shape index (κ1) is 12.1. The molecule has 0 amide bonds. The van der Waals surface area contributed by atoms with E-state index in [-0.39, 0.29) is 5.69 Å². The summed E-state index contributed by atoms with van der Waals surface area (Å²) in [7, 11) is 0. The van der Waals surface area contributed by atoms with Gasteiger partial charge in [0, 0.05) is 6.07 Å². The van der Waals surface area contributed by atoms with Crippen LogP contribution in [0, 0.1) is 5.39 Å². The van der Waals surface area contributed by atoms with Crippen molar-refractivity contribution in [3.8, 4) is 11.1 Å². The van der Waals surface area contributed by atoms with Gasteiger partial charge in [0.2, 0.25) is 5.39 Å². The molecule has 0 aliphatic rings.